The zero-order valence-electron chi connectivity index (χ0n) is 15.8. The summed E-state index contributed by atoms with van der Waals surface area (Å²) in [7, 11) is 0. The monoisotopic (exact) mass is 390 g/mol. The first-order valence-corrected chi connectivity index (χ1v) is 9.57. The van der Waals surface area contributed by atoms with Crippen molar-refractivity contribution >= 4 is 29.0 Å². The lowest BCUT2D eigenvalue weighted by molar-refractivity contribution is -0.120. The molecule has 1 aromatic carbocycles. The van der Waals surface area contributed by atoms with Crippen molar-refractivity contribution in [2.45, 2.75) is 39.5 Å². The summed E-state index contributed by atoms with van der Waals surface area (Å²) in [6.07, 6.45) is 1.47. The van der Waals surface area contributed by atoms with Gasteiger partial charge in [0.25, 0.3) is 0 Å². The van der Waals surface area contributed by atoms with Crippen molar-refractivity contribution in [1.29, 1.82) is 0 Å². The fourth-order valence-corrected chi connectivity index (χ4v) is 3.36. The van der Waals surface area contributed by atoms with Crippen LogP contribution in [0.4, 0.5) is 15.9 Å². The van der Waals surface area contributed by atoms with Crippen molar-refractivity contribution < 1.29 is 9.18 Å². The van der Waals surface area contributed by atoms with Gasteiger partial charge in [-0.15, -0.1) is 0 Å². The van der Waals surface area contributed by atoms with Gasteiger partial charge in [-0.25, -0.2) is 14.4 Å². The number of nitrogens with one attached hydrogen (secondary N) is 1. The van der Waals surface area contributed by atoms with Gasteiger partial charge in [0.05, 0.1) is 5.02 Å². The van der Waals surface area contributed by atoms with Gasteiger partial charge in [-0.1, -0.05) is 25.4 Å². The molecule has 1 amide bonds. The van der Waals surface area contributed by atoms with Crippen molar-refractivity contribution in [3.8, 4) is 0 Å². The van der Waals surface area contributed by atoms with Gasteiger partial charge in [-0.05, 0) is 38.0 Å². The van der Waals surface area contributed by atoms with E-state index in [1.165, 1.54) is 18.2 Å². The van der Waals surface area contributed by atoms with Crippen LogP contribution in [0, 0.1) is 18.7 Å². The van der Waals surface area contributed by atoms with Crippen molar-refractivity contribution in [2.24, 2.45) is 5.92 Å². The van der Waals surface area contributed by atoms with Crippen LogP contribution in [0.5, 0.6) is 0 Å². The second-order valence-electron chi connectivity index (χ2n) is 7.26. The van der Waals surface area contributed by atoms with Crippen LogP contribution < -0.4 is 10.2 Å². The predicted octanol–water partition coefficient (Wildman–Crippen LogP) is 4.56. The standard InChI is InChI=1S/C20H24ClFN4O/c1-12(2)19-23-13(3)10-18(25-19)26-8-6-14(7-9-26)20(27)24-15-4-5-17(22)16(21)11-15/h4-5,10-12,14H,6-9H2,1-3H3,(H,24,27). The zero-order chi connectivity index (χ0) is 19.6. The summed E-state index contributed by atoms with van der Waals surface area (Å²) in [4.78, 5) is 23.9. The number of nitrogens with zero attached hydrogens (tertiary/aromatic N) is 3. The maximum atomic E-state index is 13.2. The van der Waals surface area contributed by atoms with Crippen molar-refractivity contribution in [3.63, 3.8) is 0 Å². The van der Waals surface area contributed by atoms with Crippen LogP contribution >= 0.6 is 11.6 Å². The molecule has 0 spiro atoms. The number of amides is 1. The Morgan fingerprint density at radius 2 is 1.96 bits per heavy atom. The molecule has 3 rings (SSSR count). The zero-order valence-corrected chi connectivity index (χ0v) is 16.6. The normalized spacial score (nSPS) is 15.3. The van der Waals surface area contributed by atoms with E-state index in [0.717, 1.165) is 43.3 Å². The predicted molar refractivity (Wildman–Crippen MR) is 106 cm³/mol. The first-order chi connectivity index (χ1) is 12.8. The first-order valence-electron chi connectivity index (χ1n) is 9.20. The Labute approximate surface area is 164 Å². The highest BCUT2D eigenvalue weighted by molar-refractivity contribution is 6.31. The molecule has 144 valence electrons. The highest BCUT2D eigenvalue weighted by Crippen LogP contribution is 2.26. The Hall–Kier alpha value is -2.21. The molecule has 1 aliphatic rings. The summed E-state index contributed by atoms with van der Waals surface area (Å²) in [5.41, 5.74) is 1.47. The van der Waals surface area contributed by atoms with Crippen LogP contribution in [-0.4, -0.2) is 29.0 Å². The second-order valence-corrected chi connectivity index (χ2v) is 7.67. The van der Waals surface area contributed by atoms with Gasteiger partial charge >= 0.3 is 0 Å². The molecule has 1 saturated heterocycles. The van der Waals surface area contributed by atoms with Crippen LogP contribution in [-0.2, 0) is 4.79 Å². The molecule has 1 aromatic heterocycles. The lowest BCUT2D eigenvalue weighted by atomic mass is 9.95. The summed E-state index contributed by atoms with van der Waals surface area (Å²) in [6.45, 7) is 7.66. The van der Waals surface area contributed by atoms with Crippen LogP contribution in [0.1, 0.15) is 44.1 Å². The molecule has 5 nitrogen and oxygen atoms in total. The summed E-state index contributed by atoms with van der Waals surface area (Å²) in [5, 5.41) is 2.84. The van der Waals surface area contributed by atoms with E-state index in [1.807, 2.05) is 13.0 Å². The van der Waals surface area contributed by atoms with Crippen LogP contribution in [0.15, 0.2) is 24.3 Å². The molecule has 0 bridgehead atoms. The van der Waals surface area contributed by atoms with E-state index in [1.54, 1.807) is 0 Å². The molecule has 1 fully saturated rings. The number of rotatable bonds is 4. The van der Waals surface area contributed by atoms with E-state index < -0.39 is 5.82 Å². The van der Waals surface area contributed by atoms with Gasteiger partial charge in [0, 0.05) is 42.4 Å². The lowest BCUT2D eigenvalue weighted by Gasteiger charge is -2.32. The summed E-state index contributed by atoms with van der Waals surface area (Å²) < 4.78 is 13.2. The minimum Gasteiger partial charge on any atom is -0.356 e. The van der Waals surface area contributed by atoms with E-state index in [-0.39, 0.29) is 22.8 Å². The smallest absolute Gasteiger partial charge is 0.227 e. The Kier molecular flexibility index (Phi) is 5.95. The molecule has 27 heavy (non-hydrogen) atoms. The molecular formula is C20H24ClFN4O. The third-order valence-electron chi connectivity index (χ3n) is 4.75. The number of aryl methyl sites for hydroxylation is 1. The first kappa shape index (κ1) is 19.5. The van der Waals surface area contributed by atoms with Crippen LogP contribution in [0.2, 0.25) is 5.02 Å². The fraction of sp³-hybridized carbons (Fsp3) is 0.450. The maximum Gasteiger partial charge on any atom is 0.227 e. The molecule has 2 aromatic rings. The second kappa shape index (κ2) is 8.21. The molecule has 0 unspecified atom stereocenters. The minimum absolute atomic E-state index is 0.00251. The number of aromatic nitrogens is 2. The highest BCUT2D eigenvalue weighted by atomic mass is 35.5. The van der Waals surface area contributed by atoms with Crippen molar-refractivity contribution in [1.82, 2.24) is 9.97 Å². The van der Waals surface area contributed by atoms with Gasteiger partial charge in [0.15, 0.2) is 0 Å². The quantitative estimate of drug-likeness (QED) is 0.831. The molecule has 0 saturated carbocycles. The van der Waals surface area contributed by atoms with E-state index in [0.29, 0.717) is 5.69 Å². The molecule has 0 atom stereocenters. The average molecular weight is 391 g/mol. The number of hydrogen-bond acceptors (Lipinski definition) is 4. The number of benzene rings is 1. The number of piperidine rings is 1. The molecule has 0 radical (unpaired) electrons. The molecule has 1 aliphatic heterocycles. The summed E-state index contributed by atoms with van der Waals surface area (Å²) in [5.74, 6) is 1.41. The molecule has 2 heterocycles. The Morgan fingerprint density at radius 1 is 1.26 bits per heavy atom. The summed E-state index contributed by atoms with van der Waals surface area (Å²) in [6, 6.07) is 6.20. The molecule has 0 aliphatic carbocycles. The number of hydrogen-bond donors (Lipinski definition) is 1. The molecule has 7 heteroatoms. The Balaban J connectivity index is 1.61. The third kappa shape index (κ3) is 4.75. The van der Waals surface area contributed by atoms with Crippen molar-refractivity contribution in [3.05, 3.63) is 46.6 Å². The van der Waals surface area contributed by atoms with Crippen LogP contribution in [0.3, 0.4) is 0 Å². The van der Waals surface area contributed by atoms with Gasteiger partial charge in [0.2, 0.25) is 5.91 Å². The Bertz CT molecular complexity index is 835. The number of halogens is 2. The van der Waals surface area contributed by atoms with E-state index in [2.05, 4.69) is 34.0 Å². The number of carbonyl (C=O) groups excluding carboxylic acids is 1. The average Bonchev–Trinajstić information content (AvgIpc) is 2.64. The van der Waals surface area contributed by atoms with E-state index in [4.69, 9.17) is 11.6 Å². The van der Waals surface area contributed by atoms with Gasteiger partial charge < -0.3 is 10.2 Å². The third-order valence-corrected chi connectivity index (χ3v) is 5.04. The maximum absolute atomic E-state index is 13.2. The minimum atomic E-state index is -0.496. The topological polar surface area (TPSA) is 58.1 Å². The molecular weight excluding hydrogens is 367 g/mol. The number of carbonyl (C=O) groups is 1. The number of anilines is 2. The lowest BCUT2D eigenvalue weighted by Crippen LogP contribution is -2.38. The van der Waals surface area contributed by atoms with Crippen LogP contribution in [0.25, 0.3) is 0 Å². The SMILES string of the molecule is Cc1cc(N2CCC(C(=O)Nc3ccc(F)c(Cl)c3)CC2)nc(C(C)C)n1. The fourth-order valence-electron chi connectivity index (χ4n) is 3.18. The Morgan fingerprint density at radius 3 is 2.59 bits per heavy atom. The highest BCUT2D eigenvalue weighted by Gasteiger charge is 2.26. The summed E-state index contributed by atoms with van der Waals surface area (Å²) >= 11 is 5.77. The van der Waals surface area contributed by atoms with Gasteiger partial charge in [-0.3, -0.25) is 4.79 Å². The molecule has 1 N–H and O–H groups in total. The van der Waals surface area contributed by atoms with E-state index >= 15 is 0 Å². The van der Waals surface area contributed by atoms with E-state index in [9.17, 15) is 9.18 Å². The van der Waals surface area contributed by atoms with Crippen molar-refractivity contribution in [2.75, 3.05) is 23.3 Å². The van der Waals surface area contributed by atoms with Gasteiger partial charge in [-0.2, -0.15) is 0 Å². The largest absolute Gasteiger partial charge is 0.356 e. The van der Waals surface area contributed by atoms with Gasteiger partial charge in [0.1, 0.15) is 17.5 Å².